The van der Waals surface area contributed by atoms with Crippen LogP contribution in [-0.4, -0.2) is 17.8 Å². The van der Waals surface area contributed by atoms with Crippen LogP contribution in [0.4, 0.5) is 0 Å². The third-order valence-corrected chi connectivity index (χ3v) is 4.57. The van der Waals surface area contributed by atoms with Gasteiger partial charge in [0.05, 0.1) is 11.6 Å². The van der Waals surface area contributed by atoms with Crippen LogP contribution in [0, 0.1) is 0 Å². The number of aromatic hydroxyl groups is 1. The second-order valence-electron chi connectivity index (χ2n) is 4.97. The molecule has 0 aliphatic heterocycles. The molecule has 100 valence electrons. The van der Waals surface area contributed by atoms with Gasteiger partial charge in [-0.1, -0.05) is 6.92 Å². The SMILES string of the molecule is CCC1(NCc2cc(Br)c(O)c(OC)c2)CCC1. The molecule has 0 amide bonds. The number of benzene rings is 1. The molecule has 0 spiro atoms. The zero-order chi connectivity index (χ0) is 13.2. The highest BCUT2D eigenvalue weighted by Gasteiger charge is 2.34. The molecule has 0 heterocycles. The highest BCUT2D eigenvalue weighted by atomic mass is 79.9. The highest BCUT2D eigenvalue weighted by molar-refractivity contribution is 9.10. The molecule has 1 saturated carbocycles. The first kappa shape index (κ1) is 13.7. The first-order valence-corrected chi connectivity index (χ1v) is 7.20. The van der Waals surface area contributed by atoms with Crippen LogP contribution in [0.1, 0.15) is 38.2 Å². The van der Waals surface area contributed by atoms with E-state index < -0.39 is 0 Å². The first-order valence-electron chi connectivity index (χ1n) is 6.40. The second kappa shape index (κ2) is 5.49. The summed E-state index contributed by atoms with van der Waals surface area (Å²) in [6.45, 7) is 3.04. The first-order chi connectivity index (χ1) is 8.60. The van der Waals surface area contributed by atoms with Crippen LogP contribution in [-0.2, 0) is 6.54 Å². The monoisotopic (exact) mass is 313 g/mol. The van der Waals surface area contributed by atoms with E-state index in [1.807, 2.05) is 12.1 Å². The predicted octanol–water partition coefficient (Wildman–Crippen LogP) is 3.59. The van der Waals surface area contributed by atoms with E-state index >= 15 is 0 Å². The molecule has 0 bridgehead atoms. The van der Waals surface area contributed by atoms with Crippen LogP contribution in [0.2, 0.25) is 0 Å². The molecule has 1 aromatic carbocycles. The van der Waals surface area contributed by atoms with E-state index in [1.54, 1.807) is 7.11 Å². The van der Waals surface area contributed by atoms with E-state index in [0.29, 0.717) is 15.8 Å². The van der Waals surface area contributed by atoms with Gasteiger partial charge < -0.3 is 15.2 Å². The third kappa shape index (κ3) is 2.64. The van der Waals surface area contributed by atoms with Gasteiger partial charge in [0.2, 0.25) is 0 Å². The Balaban J connectivity index is 2.07. The van der Waals surface area contributed by atoms with Gasteiger partial charge in [0, 0.05) is 12.1 Å². The summed E-state index contributed by atoms with van der Waals surface area (Å²) in [6, 6.07) is 3.82. The van der Waals surface area contributed by atoms with Crippen molar-refractivity contribution in [1.82, 2.24) is 5.32 Å². The van der Waals surface area contributed by atoms with E-state index in [2.05, 4.69) is 28.2 Å². The maximum Gasteiger partial charge on any atom is 0.172 e. The minimum absolute atomic E-state index is 0.162. The van der Waals surface area contributed by atoms with Crippen molar-refractivity contribution >= 4 is 15.9 Å². The highest BCUT2D eigenvalue weighted by Crippen LogP contribution is 2.37. The molecule has 0 atom stereocenters. The quantitative estimate of drug-likeness (QED) is 0.873. The van der Waals surface area contributed by atoms with E-state index in [1.165, 1.54) is 25.7 Å². The van der Waals surface area contributed by atoms with Crippen LogP contribution < -0.4 is 10.1 Å². The lowest BCUT2D eigenvalue weighted by Crippen LogP contribution is -2.49. The molecule has 4 heteroatoms. The van der Waals surface area contributed by atoms with Crippen molar-refractivity contribution in [3.63, 3.8) is 0 Å². The van der Waals surface area contributed by atoms with E-state index in [0.717, 1.165) is 12.1 Å². The van der Waals surface area contributed by atoms with Crippen molar-refractivity contribution in [2.75, 3.05) is 7.11 Å². The third-order valence-electron chi connectivity index (χ3n) is 3.96. The molecule has 0 radical (unpaired) electrons. The van der Waals surface area contributed by atoms with E-state index in [9.17, 15) is 5.11 Å². The van der Waals surface area contributed by atoms with Crippen molar-refractivity contribution in [3.05, 3.63) is 22.2 Å². The molecule has 1 aromatic rings. The fraction of sp³-hybridized carbons (Fsp3) is 0.571. The molecule has 0 aromatic heterocycles. The Hall–Kier alpha value is -0.740. The van der Waals surface area contributed by atoms with Crippen LogP contribution in [0.15, 0.2) is 16.6 Å². The molecular formula is C14H20BrNO2. The Labute approximate surface area is 117 Å². The number of nitrogens with one attached hydrogen (secondary N) is 1. The number of methoxy groups -OCH3 is 1. The Kier molecular flexibility index (Phi) is 4.17. The Morgan fingerprint density at radius 2 is 2.17 bits per heavy atom. The fourth-order valence-corrected chi connectivity index (χ4v) is 2.92. The second-order valence-corrected chi connectivity index (χ2v) is 5.82. The summed E-state index contributed by atoms with van der Waals surface area (Å²) in [4.78, 5) is 0. The molecule has 18 heavy (non-hydrogen) atoms. The maximum absolute atomic E-state index is 9.76. The molecule has 2 rings (SSSR count). The molecular weight excluding hydrogens is 294 g/mol. The van der Waals surface area contributed by atoms with E-state index in [4.69, 9.17) is 4.74 Å². The minimum atomic E-state index is 0.162. The summed E-state index contributed by atoms with van der Waals surface area (Å²) in [5.41, 5.74) is 1.45. The van der Waals surface area contributed by atoms with Gasteiger partial charge in [-0.05, 0) is 59.3 Å². The summed E-state index contributed by atoms with van der Waals surface area (Å²) >= 11 is 3.35. The summed E-state index contributed by atoms with van der Waals surface area (Å²) < 4.78 is 5.84. The Morgan fingerprint density at radius 3 is 2.67 bits per heavy atom. The number of rotatable bonds is 5. The summed E-state index contributed by atoms with van der Waals surface area (Å²) in [6.07, 6.45) is 5.02. The molecule has 0 saturated heterocycles. The van der Waals surface area contributed by atoms with Gasteiger partial charge in [-0.3, -0.25) is 0 Å². The lowest BCUT2D eigenvalue weighted by Gasteiger charge is -2.42. The van der Waals surface area contributed by atoms with Gasteiger partial charge >= 0.3 is 0 Å². The van der Waals surface area contributed by atoms with Gasteiger partial charge in [-0.25, -0.2) is 0 Å². The normalized spacial score (nSPS) is 17.3. The molecule has 3 nitrogen and oxygen atoms in total. The average molecular weight is 314 g/mol. The van der Waals surface area contributed by atoms with Gasteiger partial charge in [-0.15, -0.1) is 0 Å². The standard InChI is InChI=1S/C14H20BrNO2/c1-3-14(5-4-6-14)16-9-10-7-11(15)13(17)12(8-10)18-2/h7-8,16-17H,3-6,9H2,1-2H3. The van der Waals surface area contributed by atoms with Crippen molar-refractivity contribution in [1.29, 1.82) is 0 Å². The zero-order valence-electron chi connectivity index (χ0n) is 10.9. The van der Waals surface area contributed by atoms with Crippen molar-refractivity contribution in [3.8, 4) is 11.5 Å². The topological polar surface area (TPSA) is 41.5 Å². The molecule has 1 aliphatic rings. The van der Waals surface area contributed by atoms with Crippen LogP contribution >= 0.6 is 15.9 Å². The van der Waals surface area contributed by atoms with Gasteiger partial charge in [0.1, 0.15) is 0 Å². The van der Waals surface area contributed by atoms with Crippen molar-refractivity contribution < 1.29 is 9.84 Å². The van der Waals surface area contributed by atoms with Crippen LogP contribution in [0.3, 0.4) is 0 Å². The summed E-state index contributed by atoms with van der Waals surface area (Å²) in [5.74, 6) is 0.676. The van der Waals surface area contributed by atoms with E-state index in [-0.39, 0.29) is 5.75 Å². The average Bonchev–Trinajstić information content (AvgIpc) is 2.32. The van der Waals surface area contributed by atoms with Gasteiger partial charge in [0.15, 0.2) is 11.5 Å². The number of phenolic OH excluding ortho intramolecular Hbond substituents is 1. The predicted molar refractivity (Wildman–Crippen MR) is 76.1 cm³/mol. The van der Waals surface area contributed by atoms with Crippen LogP contribution in [0.25, 0.3) is 0 Å². The van der Waals surface area contributed by atoms with Gasteiger partial charge in [-0.2, -0.15) is 0 Å². The molecule has 2 N–H and O–H groups in total. The van der Waals surface area contributed by atoms with Crippen molar-refractivity contribution in [2.24, 2.45) is 0 Å². The summed E-state index contributed by atoms with van der Waals surface area (Å²) in [7, 11) is 1.57. The fourth-order valence-electron chi connectivity index (χ4n) is 2.43. The molecule has 0 unspecified atom stereocenters. The number of halogens is 1. The molecule has 1 aliphatic carbocycles. The summed E-state index contributed by atoms with van der Waals surface area (Å²) in [5, 5.41) is 13.4. The number of ether oxygens (including phenoxy) is 1. The van der Waals surface area contributed by atoms with Crippen molar-refractivity contribution in [2.45, 2.75) is 44.7 Å². The Morgan fingerprint density at radius 1 is 1.44 bits per heavy atom. The maximum atomic E-state index is 9.76. The Bertz CT molecular complexity index is 425. The number of phenols is 1. The largest absolute Gasteiger partial charge is 0.503 e. The zero-order valence-corrected chi connectivity index (χ0v) is 12.5. The lowest BCUT2D eigenvalue weighted by atomic mass is 9.75. The minimum Gasteiger partial charge on any atom is -0.503 e. The smallest absolute Gasteiger partial charge is 0.172 e. The van der Waals surface area contributed by atoms with Gasteiger partial charge in [0.25, 0.3) is 0 Å². The molecule has 1 fully saturated rings. The lowest BCUT2D eigenvalue weighted by molar-refractivity contribution is 0.175. The number of hydrogen-bond donors (Lipinski definition) is 2. The van der Waals surface area contributed by atoms with Crippen LogP contribution in [0.5, 0.6) is 11.5 Å². The number of hydrogen-bond acceptors (Lipinski definition) is 3.